The number of nitrogens with two attached hydrogens (primary N) is 1. The monoisotopic (exact) mass is 232 g/mol. The van der Waals surface area contributed by atoms with E-state index in [1.165, 1.54) is 12.1 Å². The molecule has 2 N–H and O–H groups in total. The van der Waals surface area contributed by atoms with Crippen LogP contribution in [0.25, 0.3) is 0 Å². The second-order valence-electron chi connectivity index (χ2n) is 3.73. The van der Waals surface area contributed by atoms with Gasteiger partial charge in [-0.1, -0.05) is 0 Å². The third-order valence-electron chi connectivity index (χ3n) is 2.40. The molecule has 17 heavy (non-hydrogen) atoms. The zero-order valence-corrected chi connectivity index (χ0v) is 9.68. The van der Waals surface area contributed by atoms with Crippen molar-refractivity contribution in [3.63, 3.8) is 0 Å². The van der Waals surface area contributed by atoms with Gasteiger partial charge < -0.3 is 10.6 Å². The minimum Gasteiger partial charge on any atom is -0.384 e. The van der Waals surface area contributed by atoms with E-state index < -0.39 is 0 Å². The van der Waals surface area contributed by atoms with Crippen molar-refractivity contribution in [2.45, 2.75) is 6.92 Å². The average Bonchev–Trinajstić information content (AvgIpc) is 2.28. The van der Waals surface area contributed by atoms with Gasteiger partial charge in [0.05, 0.1) is 0 Å². The van der Waals surface area contributed by atoms with E-state index in [1.54, 1.807) is 25.1 Å². The first-order valence-electron chi connectivity index (χ1n) is 5.17. The molecule has 0 bridgehead atoms. The average molecular weight is 232 g/mol. The van der Waals surface area contributed by atoms with Gasteiger partial charge in [0.25, 0.3) is 0 Å². The standard InChI is InChI=1S/C12H13FN4/c1-8-15-11(14)7-12(16-8)17(2)10-5-3-9(13)4-6-10/h3-7H,1-2H3,(H2,14,15,16). The van der Waals surface area contributed by atoms with E-state index in [9.17, 15) is 4.39 Å². The van der Waals surface area contributed by atoms with Gasteiger partial charge in [0, 0.05) is 18.8 Å². The Balaban J connectivity index is 2.36. The van der Waals surface area contributed by atoms with Gasteiger partial charge in [0.1, 0.15) is 23.3 Å². The summed E-state index contributed by atoms with van der Waals surface area (Å²) in [6.07, 6.45) is 0. The first-order chi connectivity index (χ1) is 8.06. The lowest BCUT2D eigenvalue weighted by atomic mass is 10.3. The zero-order valence-electron chi connectivity index (χ0n) is 9.68. The predicted octanol–water partition coefficient (Wildman–Crippen LogP) is 2.27. The summed E-state index contributed by atoms with van der Waals surface area (Å²) in [4.78, 5) is 10.1. The SMILES string of the molecule is Cc1nc(N)cc(N(C)c2ccc(F)cc2)n1. The Morgan fingerprint density at radius 3 is 2.41 bits per heavy atom. The van der Waals surface area contributed by atoms with Crippen molar-refractivity contribution < 1.29 is 4.39 Å². The highest BCUT2D eigenvalue weighted by molar-refractivity contribution is 5.60. The minimum atomic E-state index is -0.263. The van der Waals surface area contributed by atoms with Crippen molar-refractivity contribution in [1.29, 1.82) is 0 Å². The lowest BCUT2D eigenvalue weighted by molar-refractivity contribution is 0.628. The number of halogens is 1. The van der Waals surface area contributed by atoms with E-state index >= 15 is 0 Å². The molecule has 4 nitrogen and oxygen atoms in total. The molecule has 0 spiro atoms. The molecule has 88 valence electrons. The molecule has 0 amide bonds. The first-order valence-corrected chi connectivity index (χ1v) is 5.17. The van der Waals surface area contributed by atoms with Crippen LogP contribution in [0.1, 0.15) is 5.82 Å². The van der Waals surface area contributed by atoms with Gasteiger partial charge in [0.15, 0.2) is 0 Å². The fraction of sp³-hybridized carbons (Fsp3) is 0.167. The van der Waals surface area contributed by atoms with Crippen molar-refractivity contribution in [3.8, 4) is 0 Å². The number of benzene rings is 1. The number of aromatic nitrogens is 2. The molecule has 0 saturated heterocycles. The fourth-order valence-corrected chi connectivity index (χ4v) is 1.54. The van der Waals surface area contributed by atoms with Crippen LogP contribution in [0.4, 0.5) is 21.7 Å². The molecule has 0 radical (unpaired) electrons. The van der Waals surface area contributed by atoms with Crippen molar-refractivity contribution in [3.05, 3.63) is 42.0 Å². The third kappa shape index (κ3) is 2.50. The quantitative estimate of drug-likeness (QED) is 0.863. The second kappa shape index (κ2) is 4.37. The number of rotatable bonds is 2. The van der Waals surface area contributed by atoms with Crippen molar-refractivity contribution in [2.75, 3.05) is 17.7 Å². The maximum atomic E-state index is 12.8. The Labute approximate surface area is 98.9 Å². The van der Waals surface area contributed by atoms with Crippen LogP contribution in [-0.4, -0.2) is 17.0 Å². The van der Waals surface area contributed by atoms with Crippen LogP contribution in [0.2, 0.25) is 0 Å². The molecule has 1 heterocycles. The molecule has 0 unspecified atom stereocenters. The van der Waals surface area contributed by atoms with Gasteiger partial charge in [0.2, 0.25) is 0 Å². The largest absolute Gasteiger partial charge is 0.384 e. The van der Waals surface area contributed by atoms with Crippen LogP contribution in [0.3, 0.4) is 0 Å². The van der Waals surface area contributed by atoms with Crippen LogP contribution >= 0.6 is 0 Å². The van der Waals surface area contributed by atoms with E-state index in [0.717, 1.165) is 5.69 Å². The number of aryl methyl sites for hydroxylation is 1. The van der Waals surface area contributed by atoms with Gasteiger partial charge in [-0.3, -0.25) is 0 Å². The topological polar surface area (TPSA) is 55.0 Å². The summed E-state index contributed by atoms with van der Waals surface area (Å²) >= 11 is 0. The Hall–Kier alpha value is -2.17. The molecular weight excluding hydrogens is 219 g/mol. The molecular formula is C12H13FN4. The van der Waals surface area contributed by atoms with Crippen molar-refractivity contribution in [2.24, 2.45) is 0 Å². The lowest BCUT2D eigenvalue weighted by Gasteiger charge is -2.18. The molecule has 0 aliphatic carbocycles. The van der Waals surface area contributed by atoms with E-state index in [1.807, 2.05) is 11.9 Å². The maximum absolute atomic E-state index is 12.8. The number of hydrogen-bond acceptors (Lipinski definition) is 4. The molecule has 0 atom stereocenters. The van der Waals surface area contributed by atoms with Crippen molar-refractivity contribution >= 4 is 17.3 Å². The molecule has 5 heteroatoms. The number of hydrogen-bond donors (Lipinski definition) is 1. The number of nitrogens with zero attached hydrogens (tertiary/aromatic N) is 3. The van der Waals surface area contributed by atoms with Crippen LogP contribution in [0.5, 0.6) is 0 Å². The summed E-state index contributed by atoms with van der Waals surface area (Å²) < 4.78 is 12.8. The van der Waals surface area contributed by atoms with E-state index in [0.29, 0.717) is 17.5 Å². The second-order valence-corrected chi connectivity index (χ2v) is 3.73. The molecule has 1 aromatic heterocycles. The van der Waals surface area contributed by atoms with Gasteiger partial charge in [-0.05, 0) is 31.2 Å². The van der Waals surface area contributed by atoms with Crippen LogP contribution in [0.15, 0.2) is 30.3 Å². The van der Waals surface area contributed by atoms with Gasteiger partial charge >= 0.3 is 0 Å². The van der Waals surface area contributed by atoms with Crippen LogP contribution in [0, 0.1) is 12.7 Å². The molecule has 2 aromatic rings. The highest BCUT2D eigenvalue weighted by atomic mass is 19.1. The summed E-state index contributed by atoms with van der Waals surface area (Å²) in [5.41, 5.74) is 6.50. The predicted molar refractivity (Wildman–Crippen MR) is 65.6 cm³/mol. The van der Waals surface area contributed by atoms with E-state index in [4.69, 9.17) is 5.73 Å². The van der Waals surface area contributed by atoms with Crippen LogP contribution < -0.4 is 10.6 Å². The Kier molecular flexibility index (Phi) is 2.91. The third-order valence-corrected chi connectivity index (χ3v) is 2.40. The summed E-state index contributed by atoms with van der Waals surface area (Å²) in [5, 5.41) is 0. The molecule has 2 rings (SSSR count). The zero-order chi connectivity index (χ0) is 12.4. The molecule has 0 saturated carbocycles. The minimum absolute atomic E-state index is 0.263. The smallest absolute Gasteiger partial charge is 0.138 e. The van der Waals surface area contributed by atoms with Gasteiger partial charge in [-0.2, -0.15) is 0 Å². The molecule has 0 aliphatic heterocycles. The highest BCUT2D eigenvalue weighted by Crippen LogP contribution is 2.22. The summed E-state index contributed by atoms with van der Waals surface area (Å²) in [5.74, 6) is 1.44. The van der Waals surface area contributed by atoms with Gasteiger partial charge in [-0.25, -0.2) is 14.4 Å². The first kappa shape index (κ1) is 11.3. The fourth-order valence-electron chi connectivity index (χ4n) is 1.54. The lowest BCUT2D eigenvalue weighted by Crippen LogP contribution is -2.13. The Morgan fingerprint density at radius 2 is 1.82 bits per heavy atom. The Morgan fingerprint density at radius 1 is 1.18 bits per heavy atom. The van der Waals surface area contributed by atoms with Gasteiger partial charge in [-0.15, -0.1) is 0 Å². The number of nitrogen functional groups attached to an aromatic ring is 1. The highest BCUT2D eigenvalue weighted by Gasteiger charge is 2.07. The molecule has 0 aliphatic rings. The van der Waals surface area contributed by atoms with E-state index in [2.05, 4.69) is 9.97 Å². The summed E-state index contributed by atoms with van der Waals surface area (Å²) in [6, 6.07) is 7.86. The Bertz CT molecular complexity index is 504. The summed E-state index contributed by atoms with van der Waals surface area (Å²) in [7, 11) is 1.84. The number of anilines is 3. The van der Waals surface area contributed by atoms with E-state index in [-0.39, 0.29) is 5.82 Å². The molecule has 0 fully saturated rings. The normalized spacial score (nSPS) is 10.3. The molecule has 1 aromatic carbocycles. The summed E-state index contributed by atoms with van der Waals surface area (Å²) in [6.45, 7) is 1.78. The van der Waals surface area contributed by atoms with Crippen LogP contribution in [-0.2, 0) is 0 Å². The van der Waals surface area contributed by atoms with Crippen molar-refractivity contribution in [1.82, 2.24) is 9.97 Å². The maximum Gasteiger partial charge on any atom is 0.138 e.